The highest BCUT2D eigenvalue weighted by atomic mass is 16.5. The summed E-state index contributed by atoms with van der Waals surface area (Å²) in [7, 11) is 3.92. The quantitative estimate of drug-likeness (QED) is 0.270. The number of piperazine rings is 1. The number of cyclic esters (lactones) is 1. The number of benzene rings is 1. The number of fused-ring (bicyclic) bond motifs is 3. The van der Waals surface area contributed by atoms with E-state index in [-0.39, 0.29) is 36.3 Å². The number of ether oxygens (including phenoxy) is 2. The van der Waals surface area contributed by atoms with Crippen molar-refractivity contribution in [2.24, 2.45) is 17.3 Å². The summed E-state index contributed by atoms with van der Waals surface area (Å²) in [6.45, 7) is 15.6. The Kier molecular flexibility index (Phi) is 12.2. The zero-order chi connectivity index (χ0) is 39.7. The Morgan fingerprint density at radius 1 is 1.07 bits per heavy atom. The van der Waals surface area contributed by atoms with Crippen LogP contribution < -0.4 is 15.5 Å². The summed E-state index contributed by atoms with van der Waals surface area (Å²) in [6.07, 6.45) is 8.50. The number of rotatable bonds is 7. The third-order valence-electron chi connectivity index (χ3n) is 12.9. The molecule has 0 radical (unpaired) electrons. The van der Waals surface area contributed by atoms with Crippen LogP contribution in [0.3, 0.4) is 0 Å². The van der Waals surface area contributed by atoms with Gasteiger partial charge in [0.15, 0.2) is 5.78 Å². The number of anilines is 1. The van der Waals surface area contributed by atoms with Crippen molar-refractivity contribution in [3.05, 3.63) is 47.3 Å². The number of nitrogens with zero attached hydrogens (tertiary/aromatic N) is 4. The van der Waals surface area contributed by atoms with Crippen LogP contribution in [0, 0.1) is 17.3 Å². The highest BCUT2D eigenvalue weighted by Gasteiger charge is 2.42. The highest BCUT2D eigenvalue weighted by molar-refractivity contribution is 5.95. The fourth-order valence-corrected chi connectivity index (χ4v) is 9.18. The van der Waals surface area contributed by atoms with Gasteiger partial charge in [0.2, 0.25) is 5.91 Å². The number of amides is 1. The summed E-state index contributed by atoms with van der Waals surface area (Å²) in [5.41, 5.74) is 7.49. The molecule has 11 nitrogen and oxygen atoms in total. The molecule has 6 atom stereocenters. The van der Waals surface area contributed by atoms with Gasteiger partial charge in [0.05, 0.1) is 48.1 Å². The fourth-order valence-electron chi connectivity index (χ4n) is 9.18. The van der Waals surface area contributed by atoms with Gasteiger partial charge < -0.3 is 29.2 Å². The Balaban J connectivity index is 1.29. The molecule has 3 aliphatic heterocycles. The Morgan fingerprint density at radius 3 is 2.54 bits per heavy atom. The number of aromatic nitrogens is 2. The number of carbonyl (C=O) groups is 3. The van der Waals surface area contributed by atoms with Crippen LogP contribution in [0.4, 0.5) is 5.69 Å². The van der Waals surface area contributed by atoms with Crippen LogP contribution in [0.15, 0.2) is 30.5 Å². The molecular weight excluding hydrogens is 705 g/mol. The SMILES string of the molecule is CCn1c(-c2cc(N3CCN(C)CC3)cnc2[C@H](C)OC)c2c3cc(ccc31)CCCC[C@H](NC(=O)[C@H]1C[C@@H]1C)C(=O)C1CCC[C@H](N1)C(=O)OCC(C)(C)C2. The first-order valence-electron chi connectivity index (χ1n) is 21.2. The molecular formula is C45H64N6O5. The Hall–Kier alpha value is -3.80. The van der Waals surface area contributed by atoms with Crippen LogP contribution in [0.5, 0.6) is 0 Å². The molecule has 3 fully saturated rings. The second kappa shape index (κ2) is 17.0. The summed E-state index contributed by atoms with van der Waals surface area (Å²) < 4.78 is 14.5. The molecule has 2 N–H and O–H groups in total. The minimum Gasteiger partial charge on any atom is -0.464 e. The van der Waals surface area contributed by atoms with Crippen LogP contribution in [0.25, 0.3) is 22.2 Å². The molecule has 1 saturated carbocycles. The second-order valence-corrected chi connectivity index (χ2v) is 17.9. The molecule has 1 aromatic carbocycles. The third kappa shape index (κ3) is 8.70. The molecule has 304 valence electrons. The first kappa shape index (κ1) is 40.4. The maximum atomic E-state index is 14.0. The maximum absolute atomic E-state index is 14.0. The molecule has 1 unspecified atom stereocenters. The number of hydrogen-bond acceptors (Lipinski definition) is 9. The molecule has 1 aliphatic carbocycles. The van der Waals surface area contributed by atoms with Crippen LogP contribution in [0.1, 0.15) is 102 Å². The molecule has 56 heavy (non-hydrogen) atoms. The number of ketones is 1. The average Bonchev–Trinajstić information content (AvgIpc) is 3.87. The largest absolute Gasteiger partial charge is 0.464 e. The predicted molar refractivity (Wildman–Crippen MR) is 221 cm³/mol. The first-order chi connectivity index (χ1) is 26.9. The summed E-state index contributed by atoms with van der Waals surface area (Å²) in [5, 5.41) is 7.70. The van der Waals surface area contributed by atoms with E-state index in [1.54, 1.807) is 7.11 Å². The van der Waals surface area contributed by atoms with E-state index in [1.807, 2.05) is 6.20 Å². The van der Waals surface area contributed by atoms with E-state index in [2.05, 4.69) is 90.9 Å². The maximum Gasteiger partial charge on any atom is 0.323 e. The fraction of sp³-hybridized carbons (Fsp3) is 0.644. The van der Waals surface area contributed by atoms with E-state index in [4.69, 9.17) is 14.5 Å². The number of pyridine rings is 1. The number of nitrogens with one attached hydrogen (secondary N) is 2. The zero-order valence-electron chi connectivity index (χ0n) is 34.8. The van der Waals surface area contributed by atoms with E-state index < -0.39 is 23.5 Å². The van der Waals surface area contributed by atoms with Crippen molar-refractivity contribution in [3.8, 4) is 11.3 Å². The first-order valence-corrected chi connectivity index (χ1v) is 21.2. The van der Waals surface area contributed by atoms with E-state index in [0.29, 0.717) is 31.6 Å². The summed E-state index contributed by atoms with van der Waals surface area (Å²) in [6, 6.07) is 7.56. The molecule has 5 heterocycles. The lowest BCUT2D eigenvalue weighted by Crippen LogP contribution is -2.56. The van der Waals surface area contributed by atoms with Crippen LogP contribution in [-0.4, -0.2) is 97.2 Å². The Bertz CT molecular complexity index is 1910. The lowest BCUT2D eigenvalue weighted by atomic mass is 9.84. The molecule has 1 amide bonds. The minimum absolute atomic E-state index is 0.0127. The number of hydrogen-bond donors (Lipinski definition) is 2. The average molecular weight is 769 g/mol. The van der Waals surface area contributed by atoms with Crippen LogP contribution in [0.2, 0.25) is 0 Å². The number of methoxy groups -OCH3 is 1. The van der Waals surface area contributed by atoms with Gasteiger partial charge in [-0.1, -0.05) is 33.3 Å². The molecule has 11 heteroatoms. The lowest BCUT2D eigenvalue weighted by molar-refractivity contribution is -0.150. The van der Waals surface area contributed by atoms with E-state index in [1.165, 1.54) is 22.0 Å². The number of esters is 1. The van der Waals surface area contributed by atoms with Gasteiger partial charge in [-0.3, -0.25) is 24.7 Å². The summed E-state index contributed by atoms with van der Waals surface area (Å²) in [5.74, 6) is -0.00770. The van der Waals surface area contributed by atoms with Gasteiger partial charge in [-0.2, -0.15) is 0 Å². The molecule has 4 bridgehead atoms. The summed E-state index contributed by atoms with van der Waals surface area (Å²) in [4.78, 5) is 50.8. The minimum atomic E-state index is -0.575. The highest BCUT2D eigenvalue weighted by Crippen LogP contribution is 2.42. The van der Waals surface area contributed by atoms with Crippen molar-refractivity contribution in [2.75, 3.05) is 51.8 Å². The predicted octanol–water partition coefficient (Wildman–Crippen LogP) is 6.24. The summed E-state index contributed by atoms with van der Waals surface area (Å²) >= 11 is 0. The number of carbonyl (C=O) groups excluding carboxylic acids is 3. The third-order valence-corrected chi connectivity index (χ3v) is 12.9. The molecule has 0 spiro atoms. The van der Waals surface area contributed by atoms with Gasteiger partial charge in [-0.05, 0) is 108 Å². The Labute approximate surface area is 333 Å². The molecule has 2 aromatic heterocycles. The molecule has 7 rings (SSSR count). The van der Waals surface area contributed by atoms with Gasteiger partial charge in [0.25, 0.3) is 0 Å². The van der Waals surface area contributed by atoms with E-state index in [0.717, 1.165) is 87.5 Å². The van der Waals surface area contributed by atoms with Gasteiger partial charge in [-0.25, -0.2) is 0 Å². The van der Waals surface area contributed by atoms with Crippen molar-refractivity contribution >= 4 is 34.3 Å². The number of aryl methyl sites for hydroxylation is 2. The van der Waals surface area contributed by atoms with Gasteiger partial charge in [-0.15, -0.1) is 0 Å². The van der Waals surface area contributed by atoms with E-state index >= 15 is 0 Å². The van der Waals surface area contributed by atoms with Crippen molar-refractivity contribution in [1.29, 1.82) is 0 Å². The van der Waals surface area contributed by atoms with Crippen molar-refractivity contribution in [1.82, 2.24) is 25.1 Å². The van der Waals surface area contributed by atoms with Gasteiger partial charge in [0, 0.05) is 67.6 Å². The van der Waals surface area contributed by atoms with Gasteiger partial charge >= 0.3 is 5.97 Å². The number of Topliss-reactive ketones (excluding diaryl/α,β-unsaturated/α-hetero) is 1. The molecule has 2 saturated heterocycles. The topological polar surface area (TPSA) is 118 Å². The second-order valence-electron chi connectivity index (χ2n) is 17.9. The van der Waals surface area contributed by atoms with Crippen LogP contribution in [-0.2, 0) is 43.2 Å². The van der Waals surface area contributed by atoms with Crippen molar-refractivity contribution in [3.63, 3.8) is 0 Å². The van der Waals surface area contributed by atoms with Gasteiger partial charge in [0.1, 0.15) is 6.04 Å². The zero-order valence-corrected chi connectivity index (χ0v) is 34.8. The number of piperidine rings is 1. The molecule has 4 aliphatic rings. The number of likely N-dealkylation sites (N-methyl/N-ethyl adjacent to an activating group) is 1. The van der Waals surface area contributed by atoms with Crippen LogP contribution >= 0.6 is 0 Å². The van der Waals surface area contributed by atoms with Crippen molar-refractivity contribution in [2.45, 2.75) is 123 Å². The lowest BCUT2D eigenvalue weighted by Gasteiger charge is -2.34. The monoisotopic (exact) mass is 768 g/mol. The molecule has 3 aromatic rings. The standard InChI is InChI=1S/C45H64N6O5/c1-8-51-39-17-16-30-12-9-10-13-37(48-43(53)32-22-28(32)2)42(52)36-14-11-15-38(47-36)44(54)56-27-45(4,5)25-35(33(39)23-30)41(51)34-24-31(26-46-40(34)29(3)55-7)50-20-18-49(6)19-21-50/h16-17,23-24,26,28-29,32,36-38,47H,8-15,18-22,25,27H2,1-7H3,(H,48,53)/t28-,29-,32-,36?,37-,38-/m0/s1. The van der Waals surface area contributed by atoms with Crippen molar-refractivity contribution < 1.29 is 23.9 Å². The Morgan fingerprint density at radius 2 is 1.82 bits per heavy atom. The smallest absolute Gasteiger partial charge is 0.323 e. The normalized spacial score (nSPS) is 27.1. The van der Waals surface area contributed by atoms with E-state index in [9.17, 15) is 14.4 Å².